The predicted molar refractivity (Wildman–Crippen MR) is 79.7 cm³/mol. The van der Waals surface area contributed by atoms with Gasteiger partial charge in [-0.05, 0) is 11.5 Å². The minimum atomic E-state index is -1.75. The molecular weight excluding hydrogens is 491 g/mol. The Bertz CT molecular complexity index is 656. The standard InChI is InChI=1S/C13H9N.ClH.NO3.2H3N.Pt/c1-2-6-11-10(5-1)9-14-13-8-4-3-7-12(11)13;;2-1(3)4;;;/h1-9H;1H;;2*1H3;/q;;-1;;;+2/p-1. The van der Waals surface area contributed by atoms with Crippen molar-refractivity contribution in [1.29, 1.82) is 0 Å². The SMILES string of the molecule is N.N.O=[N+]([O-])[O-].[Cl-].[Pt+2].c1ccc2c(c1)cnc1ccccc12. The Balaban J connectivity index is -0.000000412. The van der Waals surface area contributed by atoms with E-state index < -0.39 is 5.09 Å². The number of aromatic nitrogens is 1. The molecule has 1 aromatic heterocycles. The van der Waals surface area contributed by atoms with E-state index in [4.69, 9.17) is 15.3 Å². The Kier molecular flexibility index (Phi) is 13.5. The van der Waals surface area contributed by atoms with E-state index in [9.17, 15) is 0 Å². The fraction of sp³-hybridized carbons (Fsp3) is 0. The van der Waals surface area contributed by atoms with Gasteiger partial charge in [0.15, 0.2) is 0 Å². The summed E-state index contributed by atoms with van der Waals surface area (Å²) in [7, 11) is 0. The van der Waals surface area contributed by atoms with Gasteiger partial charge < -0.3 is 40.0 Å². The van der Waals surface area contributed by atoms with Gasteiger partial charge in [0, 0.05) is 17.0 Å². The van der Waals surface area contributed by atoms with Crippen molar-refractivity contribution in [2.75, 3.05) is 0 Å². The first-order chi connectivity index (χ1) is 8.68. The number of para-hydroxylation sites is 1. The molecule has 6 N–H and O–H groups in total. The summed E-state index contributed by atoms with van der Waals surface area (Å²) in [4.78, 5) is 12.7. The molecule has 0 bridgehead atoms. The largest absolute Gasteiger partial charge is 2.00 e. The van der Waals surface area contributed by atoms with Crippen LogP contribution in [0.1, 0.15) is 0 Å². The molecule has 0 aliphatic carbocycles. The summed E-state index contributed by atoms with van der Waals surface area (Å²) in [5.41, 5.74) is 1.06. The number of pyridine rings is 1. The molecular formula is C13H15ClN4O3Pt. The Labute approximate surface area is 147 Å². The van der Waals surface area contributed by atoms with E-state index in [0.29, 0.717) is 0 Å². The number of fused-ring (bicyclic) bond motifs is 3. The molecule has 0 amide bonds. The summed E-state index contributed by atoms with van der Waals surface area (Å²) in [5.74, 6) is 0. The van der Waals surface area contributed by atoms with Crippen LogP contribution in [0.2, 0.25) is 0 Å². The maximum Gasteiger partial charge on any atom is 2.00 e. The minimum absolute atomic E-state index is 0. The zero-order valence-electron chi connectivity index (χ0n) is 11.4. The topological polar surface area (TPSA) is 149 Å². The fourth-order valence-electron chi connectivity index (χ4n) is 1.81. The minimum Gasteiger partial charge on any atom is -1.00 e. The number of hydrogen-bond acceptors (Lipinski definition) is 6. The van der Waals surface area contributed by atoms with Crippen molar-refractivity contribution in [3.63, 3.8) is 0 Å². The number of benzene rings is 2. The van der Waals surface area contributed by atoms with Gasteiger partial charge in [0.05, 0.1) is 10.6 Å². The Morgan fingerprint density at radius 1 is 0.864 bits per heavy atom. The van der Waals surface area contributed by atoms with Gasteiger partial charge in [-0.25, -0.2) is 0 Å². The Hall–Kier alpha value is -1.79. The molecule has 0 fully saturated rings. The first kappa shape index (κ1) is 25.2. The molecule has 0 aliphatic rings. The number of halogens is 1. The molecule has 1 heterocycles. The number of rotatable bonds is 0. The Morgan fingerprint density at radius 3 is 1.91 bits per heavy atom. The molecule has 7 nitrogen and oxygen atoms in total. The van der Waals surface area contributed by atoms with Crippen molar-refractivity contribution in [3.8, 4) is 0 Å². The van der Waals surface area contributed by atoms with E-state index in [1.807, 2.05) is 24.4 Å². The van der Waals surface area contributed by atoms with Crippen LogP contribution < -0.4 is 24.7 Å². The summed E-state index contributed by atoms with van der Waals surface area (Å²) in [6.45, 7) is 0. The molecule has 2 aromatic carbocycles. The molecule has 0 radical (unpaired) electrons. The van der Waals surface area contributed by atoms with E-state index in [0.717, 1.165) is 5.52 Å². The first-order valence-corrected chi connectivity index (χ1v) is 5.22. The summed E-state index contributed by atoms with van der Waals surface area (Å²) in [6, 6.07) is 16.6. The Morgan fingerprint density at radius 2 is 1.32 bits per heavy atom. The van der Waals surface area contributed by atoms with Gasteiger partial charge in [-0.2, -0.15) is 0 Å². The second-order valence-corrected chi connectivity index (χ2v) is 3.59. The van der Waals surface area contributed by atoms with Crippen LogP contribution >= 0.6 is 0 Å². The van der Waals surface area contributed by atoms with Crippen LogP contribution in [0.4, 0.5) is 0 Å². The van der Waals surface area contributed by atoms with E-state index in [1.165, 1.54) is 16.2 Å². The van der Waals surface area contributed by atoms with Crippen LogP contribution in [0.5, 0.6) is 0 Å². The molecule has 3 aromatic rings. The van der Waals surface area contributed by atoms with Crippen LogP contribution in [0.25, 0.3) is 21.7 Å². The molecule has 0 saturated heterocycles. The zero-order chi connectivity index (χ0) is 13.0. The molecule has 0 spiro atoms. The van der Waals surface area contributed by atoms with Crippen molar-refractivity contribution in [3.05, 3.63) is 70.0 Å². The quantitative estimate of drug-likeness (QED) is 0.258. The third kappa shape index (κ3) is 6.32. The second kappa shape index (κ2) is 11.8. The van der Waals surface area contributed by atoms with Crippen molar-refractivity contribution < 1.29 is 38.6 Å². The van der Waals surface area contributed by atoms with Gasteiger partial charge in [-0.15, -0.1) is 0 Å². The fourth-order valence-corrected chi connectivity index (χ4v) is 1.81. The van der Waals surface area contributed by atoms with Crippen molar-refractivity contribution in [2.45, 2.75) is 0 Å². The van der Waals surface area contributed by atoms with E-state index in [1.54, 1.807) is 0 Å². The molecule has 0 unspecified atom stereocenters. The first-order valence-electron chi connectivity index (χ1n) is 5.22. The van der Waals surface area contributed by atoms with Gasteiger partial charge in [0.25, 0.3) is 0 Å². The molecule has 0 aliphatic heterocycles. The summed E-state index contributed by atoms with van der Waals surface area (Å²) in [5, 5.41) is 18.5. The summed E-state index contributed by atoms with van der Waals surface area (Å²) < 4.78 is 0. The predicted octanol–water partition coefficient (Wildman–Crippen LogP) is 0.474. The molecule has 22 heavy (non-hydrogen) atoms. The van der Waals surface area contributed by atoms with Gasteiger partial charge in [-0.3, -0.25) is 4.98 Å². The molecule has 122 valence electrons. The van der Waals surface area contributed by atoms with Crippen LogP contribution in [-0.2, 0) is 21.1 Å². The zero-order valence-corrected chi connectivity index (χ0v) is 14.5. The monoisotopic (exact) mass is 505 g/mol. The van der Waals surface area contributed by atoms with Crippen LogP contribution in [0.3, 0.4) is 0 Å². The molecule has 3 rings (SSSR count). The smallest absolute Gasteiger partial charge is 1.00 e. The average Bonchev–Trinajstić information content (AvgIpc) is 2.38. The van der Waals surface area contributed by atoms with Gasteiger partial charge in [0.2, 0.25) is 0 Å². The molecule has 0 atom stereocenters. The third-order valence-electron chi connectivity index (χ3n) is 2.50. The number of hydrogen-bond donors (Lipinski definition) is 2. The van der Waals surface area contributed by atoms with Crippen molar-refractivity contribution in [1.82, 2.24) is 17.3 Å². The second-order valence-electron chi connectivity index (χ2n) is 3.59. The van der Waals surface area contributed by atoms with Gasteiger partial charge >= 0.3 is 21.1 Å². The normalized spacial score (nSPS) is 8.00. The van der Waals surface area contributed by atoms with Gasteiger partial charge in [0.1, 0.15) is 0 Å². The number of nitrogens with zero attached hydrogens (tertiary/aromatic N) is 2. The molecule has 0 saturated carbocycles. The maximum atomic E-state index is 8.25. The average molecular weight is 506 g/mol. The maximum absolute atomic E-state index is 8.25. The summed E-state index contributed by atoms with van der Waals surface area (Å²) >= 11 is 0. The van der Waals surface area contributed by atoms with E-state index in [2.05, 4.69) is 35.3 Å². The van der Waals surface area contributed by atoms with Crippen LogP contribution in [0, 0.1) is 15.3 Å². The van der Waals surface area contributed by atoms with Crippen molar-refractivity contribution in [2.24, 2.45) is 0 Å². The third-order valence-corrected chi connectivity index (χ3v) is 2.50. The van der Waals surface area contributed by atoms with Crippen LogP contribution in [-0.4, -0.2) is 10.1 Å². The van der Waals surface area contributed by atoms with Crippen molar-refractivity contribution >= 4 is 21.7 Å². The van der Waals surface area contributed by atoms with Gasteiger partial charge in [-0.1, -0.05) is 42.5 Å². The summed E-state index contributed by atoms with van der Waals surface area (Å²) in [6.07, 6.45) is 1.93. The van der Waals surface area contributed by atoms with Crippen LogP contribution in [0.15, 0.2) is 54.7 Å². The molecule has 9 heteroatoms. The van der Waals surface area contributed by atoms with E-state index in [-0.39, 0.29) is 45.8 Å². The van der Waals surface area contributed by atoms with E-state index >= 15 is 0 Å².